The quantitative estimate of drug-likeness (QED) is 0.504. The Hall–Kier alpha value is -2.66. The van der Waals surface area contributed by atoms with E-state index in [9.17, 15) is 19.7 Å². The molecule has 0 bridgehead atoms. The van der Waals surface area contributed by atoms with Crippen molar-refractivity contribution in [2.45, 2.75) is 24.5 Å². The van der Waals surface area contributed by atoms with Crippen molar-refractivity contribution >= 4 is 17.0 Å². The fourth-order valence-corrected chi connectivity index (χ4v) is 2.99. The Bertz CT molecular complexity index is 965. The van der Waals surface area contributed by atoms with Gasteiger partial charge in [0.05, 0.1) is 12.9 Å². The molecule has 0 amide bonds. The van der Waals surface area contributed by atoms with Crippen molar-refractivity contribution in [1.29, 1.82) is 0 Å². The van der Waals surface area contributed by atoms with Crippen LogP contribution >= 0.6 is 0 Å². The molecule has 136 valence electrons. The van der Waals surface area contributed by atoms with E-state index in [1.54, 1.807) is 6.07 Å². The van der Waals surface area contributed by atoms with E-state index in [2.05, 4.69) is 15.0 Å². The third-order valence-corrected chi connectivity index (χ3v) is 4.32. The summed E-state index contributed by atoms with van der Waals surface area (Å²) in [4.78, 5) is 12.6. The van der Waals surface area contributed by atoms with E-state index in [0.717, 1.165) is 0 Å². The summed E-state index contributed by atoms with van der Waals surface area (Å²) in [5, 5.41) is 29.4. The molecule has 1 aliphatic rings. The molecule has 3 heterocycles. The molecule has 9 nitrogen and oxygen atoms in total. The normalized spacial score (nSPS) is 25.8. The van der Waals surface area contributed by atoms with Crippen LogP contribution in [0.1, 0.15) is 6.23 Å². The molecule has 0 saturated carbocycles. The summed E-state index contributed by atoms with van der Waals surface area (Å²) in [7, 11) is 0. The summed E-state index contributed by atoms with van der Waals surface area (Å²) < 4.78 is 20.4. The van der Waals surface area contributed by atoms with Gasteiger partial charge in [0.1, 0.15) is 29.6 Å². The average molecular weight is 361 g/mol. The van der Waals surface area contributed by atoms with E-state index < -0.39 is 37.0 Å². The van der Waals surface area contributed by atoms with Crippen molar-refractivity contribution in [1.82, 2.24) is 19.5 Å². The lowest BCUT2D eigenvalue weighted by atomic mass is 10.1. The highest BCUT2D eigenvalue weighted by Gasteiger charge is 2.44. The van der Waals surface area contributed by atoms with Crippen LogP contribution in [0.2, 0.25) is 0 Å². The van der Waals surface area contributed by atoms with Gasteiger partial charge in [0.15, 0.2) is 23.5 Å². The monoisotopic (exact) mass is 361 g/mol. The molecule has 1 aliphatic heterocycles. The second-order valence-electron chi connectivity index (χ2n) is 6.00. The molecule has 10 heteroatoms. The molecule has 4 atom stereocenters. The molecular weight excluding hydrogens is 345 g/mol. The molecule has 1 aromatic carbocycles. The summed E-state index contributed by atoms with van der Waals surface area (Å²) in [6.45, 7) is -0.451. The van der Waals surface area contributed by atoms with Crippen molar-refractivity contribution in [2.24, 2.45) is 0 Å². The highest BCUT2D eigenvalue weighted by Crippen LogP contribution is 2.32. The van der Waals surface area contributed by atoms with E-state index in [1.165, 1.54) is 29.1 Å². The Morgan fingerprint density at radius 1 is 1.23 bits per heavy atom. The Morgan fingerprint density at radius 3 is 2.73 bits per heavy atom. The first kappa shape index (κ1) is 16.8. The van der Waals surface area contributed by atoms with E-state index in [0.29, 0.717) is 5.56 Å². The first-order valence-corrected chi connectivity index (χ1v) is 7.88. The number of nitrogen functional groups attached to an aromatic ring is 1. The number of benzene rings is 1. The number of ether oxygens (including phenoxy) is 1. The minimum Gasteiger partial charge on any atom is -0.394 e. The van der Waals surface area contributed by atoms with Gasteiger partial charge in [-0.1, -0.05) is 12.1 Å². The molecule has 1 saturated heterocycles. The number of halogens is 1. The third-order valence-electron chi connectivity index (χ3n) is 4.32. The average Bonchev–Trinajstić information content (AvgIpc) is 3.17. The van der Waals surface area contributed by atoms with Gasteiger partial charge in [0.2, 0.25) is 0 Å². The van der Waals surface area contributed by atoms with Crippen molar-refractivity contribution in [2.75, 3.05) is 12.3 Å². The van der Waals surface area contributed by atoms with Crippen LogP contribution in [0, 0.1) is 5.82 Å². The number of anilines is 1. The lowest BCUT2D eigenvalue weighted by Gasteiger charge is -2.16. The van der Waals surface area contributed by atoms with Crippen LogP contribution in [0.4, 0.5) is 10.2 Å². The number of aliphatic hydroxyl groups excluding tert-OH is 3. The zero-order valence-corrected chi connectivity index (χ0v) is 13.4. The van der Waals surface area contributed by atoms with Crippen molar-refractivity contribution < 1.29 is 24.4 Å². The standard InChI is InChI=1S/C16H16FN5O4/c17-8-3-1-2-7(4-8)14-20-13(18)10-15(21-14)22(6-19-10)16-12(25)11(24)9(5-23)26-16/h1-4,6,9,11-12,16,23-25H,5H2,(H2,18,20,21)/t9-,11-,12-,16-/m1/s1. The lowest BCUT2D eigenvalue weighted by molar-refractivity contribution is -0.0511. The highest BCUT2D eigenvalue weighted by molar-refractivity contribution is 5.83. The molecule has 5 N–H and O–H groups in total. The van der Waals surface area contributed by atoms with E-state index in [1.807, 2.05) is 0 Å². The highest BCUT2D eigenvalue weighted by atomic mass is 19.1. The SMILES string of the molecule is Nc1nc(-c2cccc(F)c2)nc2c1ncn2[C@@H]1O[C@H](CO)[C@@H](O)[C@H]1O. The third kappa shape index (κ3) is 2.59. The lowest BCUT2D eigenvalue weighted by Crippen LogP contribution is -2.33. The van der Waals surface area contributed by atoms with Crippen LogP contribution in [0.15, 0.2) is 30.6 Å². The van der Waals surface area contributed by atoms with Gasteiger partial charge in [0, 0.05) is 5.56 Å². The first-order valence-electron chi connectivity index (χ1n) is 7.88. The van der Waals surface area contributed by atoms with Crippen LogP contribution in [0.5, 0.6) is 0 Å². The predicted octanol–water partition coefficient (Wildman–Crippen LogP) is -0.174. The van der Waals surface area contributed by atoms with Crippen molar-refractivity contribution in [3.05, 3.63) is 36.4 Å². The fourth-order valence-electron chi connectivity index (χ4n) is 2.99. The number of imidazole rings is 1. The number of nitrogens with zero attached hydrogens (tertiary/aromatic N) is 4. The summed E-state index contributed by atoms with van der Waals surface area (Å²) in [6.07, 6.45) is -3.15. The number of rotatable bonds is 3. The minimum atomic E-state index is -1.29. The largest absolute Gasteiger partial charge is 0.394 e. The van der Waals surface area contributed by atoms with Crippen LogP contribution in [0.25, 0.3) is 22.6 Å². The Labute approximate surface area is 146 Å². The number of hydrogen-bond acceptors (Lipinski definition) is 8. The van der Waals surface area contributed by atoms with Gasteiger partial charge in [-0.05, 0) is 12.1 Å². The Kier molecular flexibility index (Phi) is 4.04. The molecule has 0 radical (unpaired) electrons. The number of aromatic nitrogens is 4. The second-order valence-corrected chi connectivity index (χ2v) is 6.00. The molecule has 3 aromatic rings. The zero-order chi connectivity index (χ0) is 18.4. The Balaban J connectivity index is 1.82. The van der Waals surface area contributed by atoms with Crippen LogP contribution in [0.3, 0.4) is 0 Å². The van der Waals surface area contributed by atoms with Gasteiger partial charge < -0.3 is 25.8 Å². The van der Waals surface area contributed by atoms with Gasteiger partial charge in [0.25, 0.3) is 0 Å². The minimum absolute atomic E-state index is 0.0831. The zero-order valence-electron chi connectivity index (χ0n) is 13.4. The van der Waals surface area contributed by atoms with Gasteiger partial charge in [-0.25, -0.2) is 19.3 Å². The molecule has 0 spiro atoms. The van der Waals surface area contributed by atoms with Crippen molar-refractivity contribution in [3.63, 3.8) is 0 Å². The molecule has 2 aromatic heterocycles. The van der Waals surface area contributed by atoms with Crippen LogP contribution in [-0.2, 0) is 4.74 Å². The van der Waals surface area contributed by atoms with E-state index in [4.69, 9.17) is 10.5 Å². The summed E-state index contributed by atoms with van der Waals surface area (Å²) in [5.41, 5.74) is 6.91. The van der Waals surface area contributed by atoms with E-state index >= 15 is 0 Å². The van der Waals surface area contributed by atoms with Crippen LogP contribution < -0.4 is 5.73 Å². The first-order chi connectivity index (χ1) is 12.5. The Morgan fingerprint density at radius 2 is 2.04 bits per heavy atom. The van der Waals surface area contributed by atoms with Gasteiger partial charge >= 0.3 is 0 Å². The molecule has 0 aliphatic carbocycles. The maximum Gasteiger partial charge on any atom is 0.168 e. The summed E-state index contributed by atoms with van der Waals surface area (Å²) in [5.74, 6) is -0.176. The number of fused-ring (bicyclic) bond motifs is 1. The molecule has 0 unspecified atom stereocenters. The number of aliphatic hydroxyl groups is 3. The van der Waals surface area contributed by atoms with Crippen molar-refractivity contribution in [3.8, 4) is 11.4 Å². The second kappa shape index (κ2) is 6.25. The maximum absolute atomic E-state index is 13.5. The van der Waals surface area contributed by atoms with Gasteiger partial charge in [-0.3, -0.25) is 4.57 Å². The van der Waals surface area contributed by atoms with Gasteiger partial charge in [-0.15, -0.1) is 0 Å². The molecule has 26 heavy (non-hydrogen) atoms. The smallest absolute Gasteiger partial charge is 0.168 e. The van der Waals surface area contributed by atoms with E-state index in [-0.39, 0.29) is 22.8 Å². The van der Waals surface area contributed by atoms with Gasteiger partial charge in [-0.2, -0.15) is 0 Å². The summed E-state index contributed by atoms with van der Waals surface area (Å²) in [6, 6.07) is 5.73. The molecule has 4 rings (SSSR count). The topological polar surface area (TPSA) is 140 Å². The van der Waals surface area contributed by atoms with Crippen LogP contribution in [-0.4, -0.2) is 59.8 Å². The summed E-state index contributed by atoms with van der Waals surface area (Å²) >= 11 is 0. The fraction of sp³-hybridized carbons (Fsp3) is 0.312. The predicted molar refractivity (Wildman–Crippen MR) is 88.1 cm³/mol. The maximum atomic E-state index is 13.5. The number of nitrogens with two attached hydrogens (primary N) is 1. The molecule has 1 fully saturated rings. The molecular formula is C16H16FN5O4. The number of hydrogen-bond donors (Lipinski definition) is 4.